The smallest absolute Gasteiger partial charge is 0.246 e. The number of hydrogen-bond acceptors (Lipinski definition) is 4. The third kappa shape index (κ3) is 4.27. The van der Waals surface area contributed by atoms with E-state index in [1.165, 1.54) is 12.0 Å². The van der Waals surface area contributed by atoms with E-state index in [1.54, 1.807) is 0 Å². The van der Waals surface area contributed by atoms with Crippen LogP contribution in [0.25, 0.3) is 0 Å². The number of carbonyl (C=O) groups excluding carboxylic acids is 3. The van der Waals surface area contributed by atoms with Crippen molar-refractivity contribution in [3.63, 3.8) is 0 Å². The van der Waals surface area contributed by atoms with Gasteiger partial charge in [0.15, 0.2) is 0 Å². The van der Waals surface area contributed by atoms with Gasteiger partial charge in [0.05, 0.1) is 17.9 Å². The molecule has 2 aliphatic carbocycles. The number of nitrogens with one attached hydrogen (secondary N) is 2. The van der Waals surface area contributed by atoms with Gasteiger partial charge in [-0.15, -0.1) is 0 Å². The Kier molecular flexibility index (Phi) is 6.83. The number of carbonyl (C=O) groups is 3. The monoisotopic (exact) mass is 519 g/mol. The van der Waals surface area contributed by atoms with E-state index in [-0.39, 0.29) is 29.8 Å². The van der Waals surface area contributed by atoms with Crippen molar-refractivity contribution in [2.45, 2.75) is 114 Å². The molecule has 2 saturated carbocycles. The predicted octanol–water partition coefficient (Wildman–Crippen LogP) is 4.68. The molecule has 2 bridgehead atoms. The molecule has 7 nitrogen and oxygen atoms in total. The standard InChI is InChI=1S/C31H41N3O4/c1-19(2)20-13-15-22(16-14-20)32-28(35)25-24-17-18-31(38-24)26(25)30(37)34(23-11-7-4-8-12-23)27(31)29(36)33-21-9-5-3-6-10-21/h13-19,21,23-27H,3-12H2,1-2H3,(H,32,35)(H,33,36)/t24-,25+,26-,27-,31-/m1/s1. The van der Waals surface area contributed by atoms with Crippen molar-refractivity contribution in [1.82, 2.24) is 10.2 Å². The highest BCUT2D eigenvalue weighted by Gasteiger charge is 2.73. The van der Waals surface area contributed by atoms with Crippen LogP contribution in [0.3, 0.4) is 0 Å². The molecule has 3 aliphatic heterocycles. The number of anilines is 1. The highest BCUT2D eigenvalue weighted by atomic mass is 16.5. The molecule has 5 atom stereocenters. The van der Waals surface area contributed by atoms with Crippen LogP contribution in [0, 0.1) is 11.8 Å². The molecule has 6 rings (SSSR count). The van der Waals surface area contributed by atoms with Crippen LogP contribution >= 0.6 is 0 Å². The molecule has 0 radical (unpaired) electrons. The molecule has 1 spiro atoms. The normalized spacial score (nSPS) is 33.1. The van der Waals surface area contributed by atoms with Crippen molar-refractivity contribution in [2.24, 2.45) is 11.8 Å². The Morgan fingerprint density at radius 2 is 1.61 bits per heavy atom. The molecule has 4 fully saturated rings. The van der Waals surface area contributed by atoms with Gasteiger partial charge in [-0.05, 0) is 49.3 Å². The maximum absolute atomic E-state index is 14.2. The first kappa shape index (κ1) is 25.6. The van der Waals surface area contributed by atoms with Gasteiger partial charge < -0.3 is 20.3 Å². The molecule has 0 aromatic heterocycles. The number of ether oxygens (including phenoxy) is 1. The maximum atomic E-state index is 14.2. The average Bonchev–Trinajstić information content (AvgIpc) is 3.57. The van der Waals surface area contributed by atoms with Gasteiger partial charge in [-0.25, -0.2) is 0 Å². The molecule has 2 N–H and O–H groups in total. The highest BCUT2D eigenvalue weighted by molar-refractivity contribution is 6.03. The summed E-state index contributed by atoms with van der Waals surface area (Å²) in [5.41, 5.74) is 0.831. The van der Waals surface area contributed by atoms with Crippen molar-refractivity contribution in [2.75, 3.05) is 5.32 Å². The number of fused-ring (bicyclic) bond motifs is 1. The van der Waals surface area contributed by atoms with E-state index >= 15 is 0 Å². The SMILES string of the molecule is CC(C)c1ccc(NC(=O)[C@H]2[C@H]3C=C[C@@]4(O3)[C@H]2C(=O)N(C2CCCCC2)[C@@H]4C(=O)NC2CCCCC2)cc1. The van der Waals surface area contributed by atoms with E-state index in [4.69, 9.17) is 4.74 Å². The summed E-state index contributed by atoms with van der Waals surface area (Å²) in [5.74, 6) is -1.36. The first-order chi connectivity index (χ1) is 18.4. The van der Waals surface area contributed by atoms with Crippen LogP contribution in [-0.4, -0.2) is 52.5 Å². The summed E-state index contributed by atoms with van der Waals surface area (Å²) in [5, 5.41) is 6.34. The molecule has 0 unspecified atom stereocenters. The van der Waals surface area contributed by atoms with Gasteiger partial charge in [-0.2, -0.15) is 0 Å². The maximum Gasteiger partial charge on any atom is 0.246 e. The van der Waals surface area contributed by atoms with Crippen molar-refractivity contribution in [3.8, 4) is 0 Å². The largest absolute Gasteiger partial charge is 0.359 e. The molecule has 3 amide bonds. The van der Waals surface area contributed by atoms with Crippen LogP contribution in [0.1, 0.15) is 89.5 Å². The van der Waals surface area contributed by atoms with E-state index in [0.717, 1.165) is 57.8 Å². The van der Waals surface area contributed by atoms with Crippen molar-refractivity contribution >= 4 is 23.4 Å². The van der Waals surface area contributed by atoms with Crippen molar-refractivity contribution < 1.29 is 19.1 Å². The second-order valence-electron chi connectivity index (χ2n) is 12.3. The number of likely N-dealkylation sites (tertiary alicyclic amines) is 1. The lowest BCUT2D eigenvalue weighted by Gasteiger charge is -2.39. The molecular weight excluding hydrogens is 478 g/mol. The summed E-state index contributed by atoms with van der Waals surface area (Å²) in [6.07, 6.45) is 13.8. The highest BCUT2D eigenvalue weighted by Crippen LogP contribution is 2.56. The first-order valence-corrected chi connectivity index (χ1v) is 14.8. The van der Waals surface area contributed by atoms with Crippen LogP contribution in [-0.2, 0) is 19.1 Å². The minimum absolute atomic E-state index is 0.0154. The molecule has 5 aliphatic rings. The van der Waals surface area contributed by atoms with Gasteiger partial charge in [0.2, 0.25) is 17.7 Å². The van der Waals surface area contributed by atoms with Crippen molar-refractivity contribution in [1.29, 1.82) is 0 Å². The van der Waals surface area contributed by atoms with E-state index < -0.39 is 29.6 Å². The summed E-state index contributed by atoms with van der Waals surface area (Å²) >= 11 is 0. The summed E-state index contributed by atoms with van der Waals surface area (Å²) in [7, 11) is 0. The van der Waals surface area contributed by atoms with Gasteiger partial charge in [-0.1, -0.05) is 76.7 Å². The Morgan fingerprint density at radius 3 is 2.26 bits per heavy atom. The number of rotatable bonds is 6. The summed E-state index contributed by atoms with van der Waals surface area (Å²) in [4.78, 5) is 43.7. The molecule has 7 heteroatoms. The number of hydrogen-bond donors (Lipinski definition) is 2. The third-order valence-corrected chi connectivity index (χ3v) is 9.63. The Morgan fingerprint density at radius 1 is 0.947 bits per heavy atom. The fraction of sp³-hybridized carbons (Fsp3) is 0.645. The Hall–Kier alpha value is -2.67. The fourth-order valence-corrected chi connectivity index (χ4v) is 7.66. The van der Waals surface area contributed by atoms with Crippen LogP contribution < -0.4 is 10.6 Å². The zero-order valence-electron chi connectivity index (χ0n) is 22.7. The summed E-state index contributed by atoms with van der Waals surface area (Å²) < 4.78 is 6.53. The van der Waals surface area contributed by atoms with Gasteiger partial charge in [0.1, 0.15) is 11.6 Å². The van der Waals surface area contributed by atoms with E-state index in [9.17, 15) is 14.4 Å². The Bertz CT molecular complexity index is 1100. The number of benzene rings is 1. The van der Waals surface area contributed by atoms with Crippen LogP contribution in [0.15, 0.2) is 36.4 Å². The molecule has 38 heavy (non-hydrogen) atoms. The lowest BCUT2D eigenvalue weighted by Crippen LogP contribution is -2.58. The third-order valence-electron chi connectivity index (χ3n) is 9.63. The minimum Gasteiger partial charge on any atom is -0.359 e. The van der Waals surface area contributed by atoms with E-state index in [0.29, 0.717) is 11.6 Å². The summed E-state index contributed by atoms with van der Waals surface area (Å²) in [6, 6.07) is 7.31. The van der Waals surface area contributed by atoms with Gasteiger partial charge >= 0.3 is 0 Å². The predicted molar refractivity (Wildman–Crippen MR) is 145 cm³/mol. The van der Waals surface area contributed by atoms with Crippen molar-refractivity contribution in [3.05, 3.63) is 42.0 Å². The van der Waals surface area contributed by atoms with Crippen LogP contribution in [0.2, 0.25) is 0 Å². The average molecular weight is 520 g/mol. The minimum atomic E-state index is -1.08. The van der Waals surface area contributed by atoms with Gasteiger partial charge in [0.25, 0.3) is 0 Å². The Labute approximate surface area is 225 Å². The quantitative estimate of drug-likeness (QED) is 0.534. The lowest BCUT2D eigenvalue weighted by atomic mass is 9.74. The summed E-state index contributed by atoms with van der Waals surface area (Å²) in [6.45, 7) is 4.27. The van der Waals surface area contributed by atoms with E-state index in [1.807, 2.05) is 41.3 Å². The lowest BCUT2D eigenvalue weighted by molar-refractivity contribution is -0.144. The molecule has 1 aromatic rings. The van der Waals surface area contributed by atoms with Crippen LogP contribution in [0.5, 0.6) is 0 Å². The van der Waals surface area contributed by atoms with Crippen LogP contribution in [0.4, 0.5) is 5.69 Å². The molecular formula is C31H41N3O4. The second-order valence-corrected chi connectivity index (χ2v) is 12.3. The molecule has 3 heterocycles. The first-order valence-electron chi connectivity index (χ1n) is 14.8. The topological polar surface area (TPSA) is 87.7 Å². The molecule has 1 aromatic carbocycles. The molecule has 204 valence electrons. The molecule has 2 saturated heterocycles. The van der Waals surface area contributed by atoms with Gasteiger partial charge in [0, 0.05) is 17.8 Å². The number of amides is 3. The zero-order chi connectivity index (χ0) is 26.4. The second kappa shape index (κ2) is 10.1. The number of nitrogens with zero attached hydrogens (tertiary/aromatic N) is 1. The Balaban J connectivity index is 1.29. The zero-order valence-corrected chi connectivity index (χ0v) is 22.7. The fourth-order valence-electron chi connectivity index (χ4n) is 7.66. The van der Waals surface area contributed by atoms with Gasteiger partial charge in [-0.3, -0.25) is 14.4 Å². The van der Waals surface area contributed by atoms with E-state index in [2.05, 4.69) is 24.5 Å².